The fourth-order valence-corrected chi connectivity index (χ4v) is 2.18. The fraction of sp³-hybridized carbons (Fsp3) is 0.364. The summed E-state index contributed by atoms with van der Waals surface area (Å²) in [5, 5.41) is 0. The van der Waals surface area contributed by atoms with Gasteiger partial charge in [0, 0.05) is 23.4 Å². The Bertz CT molecular complexity index is 445. The number of nitrogens with zero attached hydrogens (tertiary/aromatic N) is 2. The quantitative estimate of drug-likeness (QED) is 0.801. The number of halogens is 1. The molecule has 0 amide bonds. The third-order valence-electron chi connectivity index (χ3n) is 2.16. The molecule has 14 heavy (non-hydrogen) atoms. The number of hydrogen-bond acceptors (Lipinski definition) is 1. The summed E-state index contributed by atoms with van der Waals surface area (Å²) in [6.45, 7) is 5.47. The molecule has 0 fully saturated rings. The molecule has 74 valence electrons. The van der Waals surface area contributed by atoms with Gasteiger partial charge >= 0.3 is 0 Å². The summed E-state index contributed by atoms with van der Waals surface area (Å²) in [4.78, 5) is 4.32. The highest BCUT2D eigenvalue weighted by atomic mass is 79.9. The average molecular weight is 253 g/mol. The van der Waals surface area contributed by atoms with Crippen LogP contribution in [0, 0.1) is 5.92 Å². The van der Waals surface area contributed by atoms with Crippen molar-refractivity contribution in [2.75, 3.05) is 0 Å². The molecule has 0 unspecified atom stereocenters. The van der Waals surface area contributed by atoms with E-state index in [4.69, 9.17) is 0 Å². The molecular weight excluding hydrogens is 240 g/mol. The first-order valence-electron chi connectivity index (χ1n) is 4.78. The van der Waals surface area contributed by atoms with E-state index in [1.165, 1.54) is 5.52 Å². The largest absolute Gasteiger partial charge is 0.345 e. The molecule has 0 aliphatic heterocycles. The lowest BCUT2D eigenvalue weighted by Gasteiger charge is -2.08. The second-order valence-corrected chi connectivity index (χ2v) is 4.74. The summed E-state index contributed by atoms with van der Waals surface area (Å²) in [6, 6.07) is 4.04. The maximum absolute atomic E-state index is 4.32. The van der Waals surface area contributed by atoms with Crippen molar-refractivity contribution in [3.05, 3.63) is 29.0 Å². The molecule has 0 bridgehead atoms. The zero-order chi connectivity index (χ0) is 10.1. The van der Waals surface area contributed by atoms with Crippen LogP contribution >= 0.6 is 15.9 Å². The number of rotatable bonds is 2. The van der Waals surface area contributed by atoms with Crippen molar-refractivity contribution in [3.8, 4) is 0 Å². The minimum Gasteiger partial charge on any atom is -0.345 e. The van der Waals surface area contributed by atoms with E-state index in [0.717, 1.165) is 16.5 Å². The van der Waals surface area contributed by atoms with E-state index >= 15 is 0 Å². The maximum atomic E-state index is 4.32. The molecule has 0 aromatic carbocycles. The SMILES string of the molecule is CC(C)Cn1ccc2nccc(Br)c21. The standard InChI is InChI=1S/C11H13BrN2/c1-8(2)7-14-6-4-10-11(14)9(12)3-5-13-10/h3-6,8H,7H2,1-2H3. The number of hydrogen-bond donors (Lipinski definition) is 0. The number of fused-ring (bicyclic) bond motifs is 1. The zero-order valence-corrected chi connectivity index (χ0v) is 9.95. The molecule has 2 rings (SSSR count). The van der Waals surface area contributed by atoms with Crippen LogP contribution in [0.3, 0.4) is 0 Å². The summed E-state index contributed by atoms with van der Waals surface area (Å²) < 4.78 is 3.37. The first kappa shape index (κ1) is 9.71. The molecule has 2 nitrogen and oxygen atoms in total. The first-order valence-corrected chi connectivity index (χ1v) is 5.57. The molecule has 0 N–H and O–H groups in total. The molecule has 0 spiro atoms. The number of aromatic nitrogens is 2. The van der Waals surface area contributed by atoms with Crippen LogP contribution in [0.5, 0.6) is 0 Å². The van der Waals surface area contributed by atoms with Gasteiger partial charge in [-0.25, -0.2) is 0 Å². The monoisotopic (exact) mass is 252 g/mol. The molecule has 3 heteroatoms. The molecule has 0 aliphatic carbocycles. The smallest absolute Gasteiger partial charge is 0.0892 e. The van der Waals surface area contributed by atoms with E-state index in [2.05, 4.69) is 51.6 Å². The summed E-state index contributed by atoms with van der Waals surface area (Å²) >= 11 is 3.56. The molecular formula is C11H13BrN2. The summed E-state index contributed by atoms with van der Waals surface area (Å²) in [5.41, 5.74) is 2.25. The Morgan fingerprint density at radius 2 is 2.21 bits per heavy atom. The highest BCUT2D eigenvalue weighted by molar-refractivity contribution is 9.10. The van der Waals surface area contributed by atoms with Crippen LogP contribution in [0.1, 0.15) is 13.8 Å². The molecule has 2 aromatic heterocycles. The minimum atomic E-state index is 0.651. The topological polar surface area (TPSA) is 17.8 Å². The van der Waals surface area contributed by atoms with Gasteiger partial charge in [0.2, 0.25) is 0 Å². The van der Waals surface area contributed by atoms with Gasteiger partial charge in [-0.1, -0.05) is 13.8 Å². The van der Waals surface area contributed by atoms with Crippen LogP contribution in [0.4, 0.5) is 0 Å². The van der Waals surface area contributed by atoms with Crippen molar-refractivity contribution in [2.24, 2.45) is 5.92 Å². The summed E-state index contributed by atoms with van der Waals surface area (Å²) in [7, 11) is 0. The van der Waals surface area contributed by atoms with E-state index in [0.29, 0.717) is 5.92 Å². The van der Waals surface area contributed by atoms with Crippen LogP contribution in [-0.2, 0) is 6.54 Å². The van der Waals surface area contributed by atoms with Gasteiger partial charge in [-0.3, -0.25) is 4.98 Å². The van der Waals surface area contributed by atoms with Crippen molar-refractivity contribution >= 4 is 27.0 Å². The van der Waals surface area contributed by atoms with E-state index < -0.39 is 0 Å². The van der Waals surface area contributed by atoms with Crippen LogP contribution in [-0.4, -0.2) is 9.55 Å². The Labute approximate surface area is 92.1 Å². The fourth-order valence-electron chi connectivity index (χ4n) is 1.63. The van der Waals surface area contributed by atoms with Gasteiger partial charge in [0.25, 0.3) is 0 Å². The van der Waals surface area contributed by atoms with Crippen molar-refractivity contribution in [3.63, 3.8) is 0 Å². The van der Waals surface area contributed by atoms with Gasteiger partial charge in [0.05, 0.1) is 11.0 Å². The third-order valence-corrected chi connectivity index (χ3v) is 2.80. The lowest BCUT2D eigenvalue weighted by molar-refractivity contribution is 0.535. The van der Waals surface area contributed by atoms with E-state index in [1.807, 2.05) is 12.3 Å². The van der Waals surface area contributed by atoms with E-state index in [1.54, 1.807) is 0 Å². The van der Waals surface area contributed by atoms with Gasteiger partial charge in [0.1, 0.15) is 0 Å². The first-order chi connectivity index (χ1) is 6.68. The Hall–Kier alpha value is -0.830. The molecule has 2 aromatic rings. The zero-order valence-electron chi connectivity index (χ0n) is 8.37. The van der Waals surface area contributed by atoms with E-state index in [-0.39, 0.29) is 0 Å². The normalized spacial score (nSPS) is 11.4. The van der Waals surface area contributed by atoms with Crippen LogP contribution in [0.25, 0.3) is 11.0 Å². The van der Waals surface area contributed by atoms with Gasteiger partial charge in [0.15, 0.2) is 0 Å². The highest BCUT2D eigenvalue weighted by Crippen LogP contribution is 2.23. The lowest BCUT2D eigenvalue weighted by Crippen LogP contribution is -2.02. The Kier molecular flexibility index (Phi) is 2.59. The molecule has 0 radical (unpaired) electrons. The summed E-state index contributed by atoms with van der Waals surface area (Å²) in [6.07, 6.45) is 3.93. The molecule has 0 aliphatic rings. The van der Waals surface area contributed by atoms with Crippen molar-refractivity contribution < 1.29 is 0 Å². The molecule has 0 saturated heterocycles. The van der Waals surface area contributed by atoms with Crippen molar-refractivity contribution in [1.29, 1.82) is 0 Å². The van der Waals surface area contributed by atoms with E-state index in [9.17, 15) is 0 Å². The van der Waals surface area contributed by atoms with Crippen LogP contribution in [0.2, 0.25) is 0 Å². The molecule has 2 heterocycles. The van der Waals surface area contributed by atoms with Gasteiger partial charge < -0.3 is 4.57 Å². The summed E-state index contributed by atoms with van der Waals surface area (Å²) in [5.74, 6) is 0.651. The highest BCUT2D eigenvalue weighted by Gasteiger charge is 2.06. The van der Waals surface area contributed by atoms with Gasteiger partial charge in [-0.2, -0.15) is 0 Å². The lowest BCUT2D eigenvalue weighted by atomic mass is 10.2. The third kappa shape index (κ3) is 1.69. The molecule has 0 saturated carbocycles. The predicted octanol–water partition coefficient (Wildman–Crippen LogP) is 3.45. The van der Waals surface area contributed by atoms with Crippen LogP contribution in [0.15, 0.2) is 29.0 Å². The Morgan fingerprint density at radius 3 is 2.93 bits per heavy atom. The second-order valence-electron chi connectivity index (χ2n) is 3.89. The average Bonchev–Trinajstić information content (AvgIpc) is 2.49. The molecule has 0 atom stereocenters. The van der Waals surface area contributed by atoms with Gasteiger partial charge in [-0.15, -0.1) is 0 Å². The van der Waals surface area contributed by atoms with Crippen molar-refractivity contribution in [1.82, 2.24) is 9.55 Å². The predicted molar refractivity (Wildman–Crippen MR) is 62.3 cm³/mol. The maximum Gasteiger partial charge on any atom is 0.0892 e. The Balaban J connectivity index is 2.55. The van der Waals surface area contributed by atoms with Gasteiger partial charge in [-0.05, 0) is 34.0 Å². The van der Waals surface area contributed by atoms with Crippen LogP contribution < -0.4 is 0 Å². The minimum absolute atomic E-state index is 0.651. The van der Waals surface area contributed by atoms with Crippen molar-refractivity contribution in [2.45, 2.75) is 20.4 Å². The second kappa shape index (κ2) is 3.73. The number of pyridine rings is 1. The Morgan fingerprint density at radius 1 is 1.43 bits per heavy atom.